The molecule has 0 spiro atoms. The Morgan fingerprint density at radius 1 is 1.30 bits per heavy atom. The lowest BCUT2D eigenvalue weighted by Crippen LogP contribution is -2.29. The Bertz CT molecular complexity index is 571. The van der Waals surface area contributed by atoms with Crippen molar-refractivity contribution in [2.75, 3.05) is 29.6 Å². The van der Waals surface area contributed by atoms with Gasteiger partial charge in [0.2, 0.25) is 0 Å². The average molecular weight is 311 g/mol. The van der Waals surface area contributed by atoms with Gasteiger partial charge in [0.25, 0.3) is 0 Å². The van der Waals surface area contributed by atoms with Crippen molar-refractivity contribution in [1.29, 1.82) is 0 Å². The molecule has 1 N–H and O–H groups in total. The van der Waals surface area contributed by atoms with Gasteiger partial charge in [0.15, 0.2) is 9.84 Å². The van der Waals surface area contributed by atoms with Crippen LogP contribution in [0.2, 0.25) is 0 Å². The lowest BCUT2D eigenvalue weighted by molar-refractivity contribution is 0.479. The number of thioether (sulfide) groups is 1. The maximum Gasteiger partial charge on any atom is 0.150 e. The first kappa shape index (κ1) is 14.4. The highest BCUT2D eigenvalue weighted by atomic mass is 32.2. The molecule has 1 aromatic rings. The zero-order valence-electron chi connectivity index (χ0n) is 11.5. The van der Waals surface area contributed by atoms with Crippen molar-refractivity contribution in [3.63, 3.8) is 0 Å². The fraction of sp³-hybridized carbons (Fsp3) is 0.600. The molecule has 0 radical (unpaired) electrons. The van der Waals surface area contributed by atoms with E-state index in [1.165, 1.54) is 16.9 Å². The number of hydrogen-bond acceptors (Lipinski definition) is 4. The van der Waals surface area contributed by atoms with Gasteiger partial charge in [0.1, 0.15) is 0 Å². The van der Waals surface area contributed by atoms with E-state index in [9.17, 15) is 8.42 Å². The molecule has 0 bridgehead atoms. The summed E-state index contributed by atoms with van der Waals surface area (Å²) in [5.41, 5.74) is 2.84. The first-order valence-electron chi connectivity index (χ1n) is 7.23. The number of rotatable bonds is 3. The average Bonchev–Trinajstić information content (AvgIpc) is 2.67. The van der Waals surface area contributed by atoms with Crippen molar-refractivity contribution in [3.8, 4) is 0 Å². The first-order valence-corrected chi connectivity index (χ1v) is 10.2. The molecular weight excluding hydrogens is 290 g/mol. The van der Waals surface area contributed by atoms with Gasteiger partial charge in [-0.2, -0.15) is 11.8 Å². The van der Waals surface area contributed by atoms with Crippen LogP contribution in [0.4, 0.5) is 0 Å². The molecule has 1 fully saturated rings. The van der Waals surface area contributed by atoms with Gasteiger partial charge in [0.05, 0.1) is 11.5 Å². The van der Waals surface area contributed by atoms with Gasteiger partial charge in [-0.25, -0.2) is 8.42 Å². The molecule has 2 aliphatic rings. The topological polar surface area (TPSA) is 46.2 Å². The molecule has 0 aliphatic carbocycles. The summed E-state index contributed by atoms with van der Waals surface area (Å²) in [5.74, 6) is 3.28. The zero-order valence-corrected chi connectivity index (χ0v) is 13.2. The highest BCUT2D eigenvalue weighted by Crippen LogP contribution is 2.28. The minimum atomic E-state index is -2.76. The lowest BCUT2D eigenvalue weighted by atomic mass is 9.99. The van der Waals surface area contributed by atoms with Crippen molar-refractivity contribution < 1.29 is 8.42 Å². The zero-order chi connectivity index (χ0) is 14.0. The summed E-state index contributed by atoms with van der Waals surface area (Å²) < 4.78 is 23.0. The van der Waals surface area contributed by atoms with E-state index >= 15 is 0 Å². The molecule has 2 heterocycles. The molecule has 5 heteroatoms. The van der Waals surface area contributed by atoms with E-state index in [2.05, 4.69) is 29.6 Å². The first-order chi connectivity index (χ1) is 9.64. The van der Waals surface area contributed by atoms with Crippen LogP contribution < -0.4 is 5.32 Å². The summed E-state index contributed by atoms with van der Waals surface area (Å²) in [6, 6.07) is 9.00. The predicted molar refractivity (Wildman–Crippen MR) is 85.0 cm³/mol. The summed E-state index contributed by atoms with van der Waals surface area (Å²) in [7, 11) is -2.76. The molecule has 0 saturated carbocycles. The van der Waals surface area contributed by atoms with Crippen LogP contribution in [-0.4, -0.2) is 38.0 Å². The van der Waals surface area contributed by atoms with Crippen LogP contribution in [0.1, 0.15) is 23.6 Å². The van der Waals surface area contributed by atoms with Gasteiger partial charge in [-0.1, -0.05) is 24.3 Å². The maximum atomic E-state index is 11.5. The predicted octanol–water partition coefficient (Wildman–Crippen LogP) is 2.04. The number of benzene rings is 1. The number of fused-ring (bicyclic) bond motifs is 1. The molecule has 3 rings (SSSR count). The Morgan fingerprint density at radius 2 is 2.15 bits per heavy atom. The van der Waals surface area contributed by atoms with E-state index in [0.717, 1.165) is 25.1 Å². The molecule has 0 amide bonds. The summed E-state index contributed by atoms with van der Waals surface area (Å²) >= 11 is 1.98. The SMILES string of the molecule is O=S1(=O)CCC(CNC2CSCCc3ccccc32)C1. The summed E-state index contributed by atoms with van der Waals surface area (Å²) in [6.07, 6.45) is 1.95. The molecule has 3 nitrogen and oxygen atoms in total. The van der Waals surface area contributed by atoms with Crippen LogP contribution in [0.15, 0.2) is 24.3 Å². The highest BCUT2D eigenvalue weighted by molar-refractivity contribution is 7.99. The molecule has 1 saturated heterocycles. The fourth-order valence-electron chi connectivity index (χ4n) is 3.09. The minimum Gasteiger partial charge on any atom is -0.309 e. The Labute approximate surface area is 125 Å². The number of sulfone groups is 1. The quantitative estimate of drug-likeness (QED) is 0.928. The summed E-state index contributed by atoms with van der Waals surface area (Å²) in [6.45, 7) is 0.818. The standard InChI is InChI=1S/C15H21NO2S2/c17-20(18)8-6-12(11-20)9-16-15-10-19-7-5-13-3-1-2-4-14(13)15/h1-4,12,15-16H,5-11H2. The van der Waals surface area contributed by atoms with E-state index in [0.29, 0.717) is 23.5 Å². The minimum absolute atomic E-state index is 0.292. The third-order valence-corrected chi connectivity index (χ3v) is 7.11. The van der Waals surface area contributed by atoms with Crippen molar-refractivity contribution >= 4 is 21.6 Å². The second-order valence-corrected chi connectivity index (χ2v) is 9.13. The van der Waals surface area contributed by atoms with Gasteiger partial charge in [-0.05, 0) is 42.2 Å². The number of aryl methyl sites for hydroxylation is 1. The largest absolute Gasteiger partial charge is 0.309 e. The van der Waals surface area contributed by atoms with Crippen molar-refractivity contribution in [2.24, 2.45) is 5.92 Å². The molecule has 2 atom stereocenters. The van der Waals surface area contributed by atoms with Gasteiger partial charge in [0, 0.05) is 11.8 Å². The van der Waals surface area contributed by atoms with E-state index in [1.807, 2.05) is 11.8 Å². The smallest absolute Gasteiger partial charge is 0.150 e. The van der Waals surface area contributed by atoms with E-state index in [1.54, 1.807) is 0 Å². The van der Waals surface area contributed by atoms with Gasteiger partial charge in [-0.15, -0.1) is 0 Å². The van der Waals surface area contributed by atoms with Gasteiger partial charge >= 0.3 is 0 Å². The number of hydrogen-bond donors (Lipinski definition) is 1. The molecule has 2 unspecified atom stereocenters. The van der Waals surface area contributed by atoms with Crippen molar-refractivity contribution in [1.82, 2.24) is 5.32 Å². The van der Waals surface area contributed by atoms with Crippen LogP contribution in [-0.2, 0) is 16.3 Å². The lowest BCUT2D eigenvalue weighted by Gasteiger charge is -2.20. The van der Waals surface area contributed by atoms with Crippen LogP contribution in [0.3, 0.4) is 0 Å². The third kappa shape index (κ3) is 3.38. The van der Waals surface area contributed by atoms with E-state index in [-0.39, 0.29) is 0 Å². The molecule has 2 aliphatic heterocycles. The maximum absolute atomic E-state index is 11.5. The molecule has 0 aromatic heterocycles. The second-order valence-electron chi connectivity index (χ2n) is 5.75. The van der Waals surface area contributed by atoms with Gasteiger partial charge < -0.3 is 5.32 Å². The van der Waals surface area contributed by atoms with E-state index in [4.69, 9.17) is 0 Å². The van der Waals surface area contributed by atoms with Crippen LogP contribution in [0, 0.1) is 5.92 Å². The fourth-order valence-corrected chi connectivity index (χ4v) is 6.01. The van der Waals surface area contributed by atoms with Crippen LogP contribution >= 0.6 is 11.8 Å². The molecule has 110 valence electrons. The summed E-state index contributed by atoms with van der Waals surface area (Å²) in [4.78, 5) is 0. The molecule has 20 heavy (non-hydrogen) atoms. The third-order valence-electron chi connectivity index (χ3n) is 4.21. The second kappa shape index (κ2) is 6.08. The number of nitrogens with one attached hydrogen (secondary N) is 1. The van der Waals surface area contributed by atoms with Crippen molar-refractivity contribution in [3.05, 3.63) is 35.4 Å². The molecular formula is C15H21NO2S2. The highest BCUT2D eigenvalue weighted by Gasteiger charge is 2.28. The van der Waals surface area contributed by atoms with Gasteiger partial charge in [-0.3, -0.25) is 0 Å². The normalized spacial score (nSPS) is 28.8. The van der Waals surface area contributed by atoms with Crippen LogP contribution in [0.5, 0.6) is 0 Å². The monoisotopic (exact) mass is 311 g/mol. The Morgan fingerprint density at radius 3 is 2.95 bits per heavy atom. The van der Waals surface area contributed by atoms with Crippen molar-refractivity contribution in [2.45, 2.75) is 18.9 Å². The Kier molecular flexibility index (Phi) is 4.38. The van der Waals surface area contributed by atoms with E-state index < -0.39 is 9.84 Å². The molecule has 1 aromatic carbocycles. The van der Waals surface area contributed by atoms with Crippen LogP contribution in [0.25, 0.3) is 0 Å². The summed E-state index contributed by atoms with van der Waals surface area (Å²) in [5, 5.41) is 3.61. The Balaban J connectivity index is 1.66. The Hall–Kier alpha value is -0.520.